The van der Waals surface area contributed by atoms with E-state index in [1.807, 2.05) is 0 Å². The molecule has 1 heterocycles. The molecule has 0 spiro atoms. The van der Waals surface area contributed by atoms with E-state index in [0.29, 0.717) is 0 Å². The molecule has 5 atom stereocenters. The Bertz CT molecular complexity index is 533. The number of methoxy groups -OCH3 is 1. The van der Waals surface area contributed by atoms with Gasteiger partial charge in [0, 0.05) is 32.8 Å². The maximum atomic E-state index is 11.4. The van der Waals surface area contributed by atoms with Crippen molar-refractivity contribution in [3.63, 3.8) is 0 Å². The molecule has 1 aliphatic rings. The van der Waals surface area contributed by atoms with E-state index in [0.717, 1.165) is 13.8 Å². The van der Waals surface area contributed by atoms with Gasteiger partial charge in [0.15, 0.2) is 18.5 Å². The van der Waals surface area contributed by atoms with Crippen LogP contribution in [0.15, 0.2) is 5.11 Å². The highest BCUT2D eigenvalue weighted by Crippen LogP contribution is 2.29. The number of carbonyl (C=O) groups is 3. The Hall–Kier alpha value is -2.36. The van der Waals surface area contributed by atoms with Crippen LogP contribution in [0.5, 0.6) is 0 Å². The first-order valence-corrected chi connectivity index (χ1v) is 7.00. The summed E-state index contributed by atoms with van der Waals surface area (Å²) in [4.78, 5) is 36.5. The second-order valence-corrected chi connectivity index (χ2v) is 4.92. The lowest BCUT2D eigenvalue weighted by atomic mass is 9.97. The molecule has 0 amide bonds. The van der Waals surface area contributed by atoms with Crippen LogP contribution in [-0.2, 0) is 38.1 Å². The van der Waals surface area contributed by atoms with Gasteiger partial charge in [-0.25, -0.2) is 0 Å². The maximum Gasteiger partial charge on any atom is 0.303 e. The molecule has 0 saturated carbocycles. The number of hydrogen-bond donors (Lipinski definition) is 0. The Morgan fingerprint density at radius 2 is 1.67 bits per heavy atom. The number of esters is 3. The predicted molar refractivity (Wildman–Crippen MR) is 76.3 cm³/mol. The van der Waals surface area contributed by atoms with Crippen LogP contribution < -0.4 is 0 Å². The lowest BCUT2D eigenvalue weighted by molar-refractivity contribution is -0.267. The van der Waals surface area contributed by atoms with Gasteiger partial charge < -0.3 is 23.7 Å². The average molecular weight is 345 g/mol. The molecule has 1 fully saturated rings. The highest BCUT2D eigenvalue weighted by atomic mass is 16.7. The van der Waals surface area contributed by atoms with Crippen molar-refractivity contribution in [1.82, 2.24) is 0 Å². The summed E-state index contributed by atoms with van der Waals surface area (Å²) in [5.74, 6) is -1.93. The molecule has 0 aliphatic carbocycles. The van der Waals surface area contributed by atoms with Crippen molar-refractivity contribution < 1.29 is 38.1 Å². The van der Waals surface area contributed by atoms with Crippen LogP contribution in [-0.4, -0.2) is 62.3 Å². The number of carbonyl (C=O) groups excluding carboxylic acids is 3. The lowest BCUT2D eigenvalue weighted by Gasteiger charge is -2.42. The Labute approximate surface area is 137 Å². The van der Waals surface area contributed by atoms with E-state index in [2.05, 4.69) is 10.0 Å². The molecule has 0 aromatic rings. The summed E-state index contributed by atoms with van der Waals surface area (Å²) in [5.41, 5.74) is 8.72. The molecule has 1 aliphatic heterocycles. The largest absolute Gasteiger partial charge is 0.463 e. The van der Waals surface area contributed by atoms with Crippen molar-refractivity contribution >= 4 is 17.9 Å². The van der Waals surface area contributed by atoms with Crippen LogP contribution in [0.25, 0.3) is 10.4 Å². The third-order valence-electron chi connectivity index (χ3n) is 3.09. The van der Waals surface area contributed by atoms with Crippen molar-refractivity contribution in [2.24, 2.45) is 5.11 Å². The minimum absolute atomic E-state index is 0.270. The monoisotopic (exact) mass is 345 g/mol. The van der Waals surface area contributed by atoms with E-state index in [9.17, 15) is 14.4 Å². The van der Waals surface area contributed by atoms with Gasteiger partial charge >= 0.3 is 17.9 Å². The standard InChI is InChI=1S/C13H19N3O8/c1-6(17)21-5-9-11(22-7(2)18)12(23-8(3)19)10(15-16-14)13(20-4)24-9/h9-13H,5H2,1-4H3/t9-,10+,11-,12-,13-/m1/s1. The minimum Gasteiger partial charge on any atom is -0.463 e. The Balaban J connectivity index is 3.18. The van der Waals surface area contributed by atoms with Crippen LogP contribution in [0, 0.1) is 0 Å². The van der Waals surface area contributed by atoms with Gasteiger partial charge in [-0.1, -0.05) is 5.11 Å². The van der Waals surface area contributed by atoms with Gasteiger partial charge in [0.05, 0.1) is 0 Å². The number of nitrogens with zero attached hydrogens (tertiary/aromatic N) is 3. The summed E-state index contributed by atoms with van der Waals surface area (Å²) in [5, 5.41) is 3.51. The smallest absolute Gasteiger partial charge is 0.303 e. The van der Waals surface area contributed by atoms with Crippen molar-refractivity contribution in [3.8, 4) is 0 Å². The first kappa shape index (κ1) is 19.7. The highest BCUT2D eigenvalue weighted by molar-refractivity contribution is 5.68. The molecular weight excluding hydrogens is 326 g/mol. The zero-order valence-electron chi connectivity index (χ0n) is 13.7. The summed E-state index contributed by atoms with van der Waals surface area (Å²) < 4.78 is 25.8. The van der Waals surface area contributed by atoms with Gasteiger partial charge in [0.25, 0.3) is 0 Å². The Morgan fingerprint density at radius 3 is 2.12 bits per heavy atom. The van der Waals surface area contributed by atoms with Gasteiger partial charge in [-0.2, -0.15) is 0 Å². The molecule has 0 aromatic heterocycles. The number of rotatable bonds is 6. The summed E-state index contributed by atoms with van der Waals surface area (Å²) in [6.45, 7) is 3.23. The molecule has 1 saturated heterocycles. The molecular formula is C13H19N3O8. The highest BCUT2D eigenvalue weighted by Gasteiger charge is 2.50. The van der Waals surface area contributed by atoms with E-state index in [1.165, 1.54) is 14.0 Å². The van der Waals surface area contributed by atoms with Crippen LogP contribution in [0.3, 0.4) is 0 Å². The minimum atomic E-state index is -1.17. The third-order valence-corrected chi connectivity index (χ3v) is 3.09. The summed E-state index contributed by atoms with van der Waals surface area (Å²) in [6, 6.07) is -1.10. The molecule has 0 bridgehead atoms. The third kappa shape index (κ3) is 5.37. The molecule has 0 N–H and O–H groups in total. The van der Waals surface area contributed by atoms with Crippen molar-refractivity contribution in [1.29, 1.82) is 0 Å². The quantitative estimate of drug-likeness (QED) is 0.222. The molecule has 0 aromatic carbocycles. The van der Waals surface area contributed by atoms with Gasteiger partial charge in [-0.05, 0) is 5.53 Å². The van der Waals surface area contributed by atoms with E-state index < -0.39 is 48.6 Å². The van der Waals surface area contributed by atoms with E-state index in [-0.39, 0.29) is 6.61 Å². The molecule has 0 unspecified atom stereocenters. The predicted octanol–water partition coefficient (Wildman–Crippen LogP) is 0.463. The van der Waals surface area contributed by atoms with Crippen LogP contribution >= 0.6 is 0 Å². The normalized spacial score (nSPS) is 29.1. The molecule has 1 rings (SSSR count). The van der Waals surface area contributed by atoms with Crippen molar-refractivity contribution in [2.45, 2.75) is 51.4 Å². The van der Waals surface area contributed by atoms with E-state index >= 15 is 0 Å². The van der Waals surface area contributed by atoms with Gasteiger partial charge in [0.2, 0.25) is 0 Å². The SMILES string of the molecule is CO[C@@H]1O[C@H](COC(C)=O)[C@@H](OC(C)=O)[C@H](OC(C)=O)[C@@H]1N=[N+]=[N-]. The number of azide groups is 1. The molecule has 11 heteroatoms. The molecule has 24 heavy (non-hydrogen) atoms. The first-order chi connectivity index (χ1) is 11.3. The van der Waals surface area contributed by atoms with Gasteiger partial charge in [-0.3, -0.25) is 14.4 Å². The molecule has 11 nitrogen and oxygen atoms in total. The summed E-state index contributed by atoms with van der Waals surface area (Å²) >= 11 is 0. The fraction of sp³-hybridized carbons (Fsp3) is 0.769. The van der Waals surface area contributed by atoms with Crippen LogP contribution in [0.1, 0.15) is 20.8 Å². The molecule has 134 valence electrons. The zero-order chi connectivity index (χ0) is 18.3. The topological polar surface area (TPSA) is 146 Å². The van der Waals surface area contributed by atoms with Crippen LogP contribution in [0.4, 0.5) is 0 Å². The Kier molecular flexibility index (Phi) is 7.43. The summed E-state index contributed by atoms with van der Waals surface area (Å²) in [6.07, 6.45) is -4.37. The number of hydrogen-bond acceptors (Lipinski definition) is 9. The van der Waals surface area contributed by atoms with Crippen molar-refractivity contribution in [2.75, 3.05) is 13.7 Å². The fourth-order valence-electron chi connectivity index (χ4n) is 2.26. The van der Waals surface area contributed by atoms with Gasteiger partial charge in [-0.15, -0.1) is 0 Å². The van der Waals surface area contributed by atoms with Gasteiger partial charge in [0.1, 0.15) is 18.8 Å². The van der Waals surface area contributed by atoms with E-state index in [4.69, 9.17) is 29.2 Å². The summed E-state index contributed by atoms with van der Waals surface area (Å²) in [7, 11) is 1.30. The zero-order valence-corrected chi connectivity index (χ0v) is 13.7. The maximum absolute atomic E-state index is 11.4. The first-order valence-electron chi connectivity index (χ1n) is 7.00. The molecule has 0 radical (unpaired) electrons. The number of ether oxygens (including phenoxy) is 5. The second kappa shape index (κ2) is 9.06. The van der Waals surface area contributed by atoms with Crippen LogP contribution in [0.2, 0.25) is 0 Å². The van der Waals surface area contributed by atoms with E-state index in [1.54, 1.807) is 0 Å². The Morgan fingerprint density at radius 1 is 1.08 bits per heavy atom. The average Bonchev–Trinajstić information content (AvgIpc) is 2.48. The van der Waals surface area contributed by atoms with Crippen molar-refractivity contribution in [3.05, 3.63) is 10.4 Å². The fourth-order valence-corrected chi connectivity index (χ4v) is 2.26. The second-order valence-electron chi connectivity index (χ2n) is 4.92. The lowest BCUT2D eigenvalue weighted by Crippen LogP contribution is -2.61.